The van der Waals surface area contributed by atoms with Gasteiger partial charge >= 0.3 is 0 Å². The topological polar surface area (TPSA) is 44.3 Å². The van der Waals surface area contributed by atoms with E-state index in [2.05, 4.69) is 17.6 Å². The van der Waals surface area contributed by atoms with Crippen LogP contribution >= 0.6 is 0 Å². The van der Waals surface area contributed by atoms with E-state index in [1.54, 1.807) is 0 Å². The van der Waals surface area contributed by atoms with Gasteiger partial charge in [-0.2, -0.15) is 0 Å². The average molecular weight is 212 g/mol. The van der Waals surface area contributed by atoms with Crippen LogP contribution in [0.1, 0.15) is 45.4 Å². The Balaban J connectivity index is 1.72. The van der Waals surface area contributed by atoms with Gasteiger partial charge in [-0.1, -0.05) is 19.3 Å². The second kappa shape index (κ2) is 4.81. The highest BCUT2D eigenvalue weighted by Crippen LogP contribution is 2.27. The van der Waals surface area contributed by atoms with Crippen molar-refractivity contribution in [2.45, 2.75) is 63.1 Å². The van der Waals surface area contributed by atoms with Crippen molar-refractivity contribution in [1.29, 1.82) is 0 Å². The van der Waals surface area contributed by atoms with Gasteiger partial charge in [-0.25, -0.2) is 0 Å². The SMILES string of the molecule is CC1(NCC2CC(O)CN2)CCCCC1. The van der Waals surface area contributed by atoms with Crippen LogP contribution in [-0.4, -0.2) is 35.9 Å². The zero-order valence-corrected chi connectivity index (χ0v) is 9.76. The normalized spacial score (nSPS) is 35.6. The van der Waals surface area contributed by atoms with Crippen LogP contribution in [0.15, 0.2) is 0 Å². The fourth-order valence-corrected chi connectivity index (χ4v) is 2.83. The van der Waals surface area contributed by atoms with Crippen molar-refractivity contribution < 1.29 is 5.11 Å². The van der Waals surface area contributed by atoms with Crippen molar-refractivity contribution in [3.8, 4) is 0 Å². The van der Waals surface area contributed by atoms with Gasteiger partial charge in [0.25, 0.3) is 0 Å². The summed E-state index contributed by atoms with van der Waals surface area (Å²) in [6, 6.07) is 0.471. The smallest absolute Gasteiger partial charge is 0.0680 e. The number of hydrogen-bond acceptors (Lipinski definition) is 3. The lowest BCUT2D eigenvalue weighted by Gasteiger charge is -2.35. The quantitative estimate of drug-likeness (QED) is 0.654. The minimum atomic E-state index is -0.129. The number of β-amino-alcohol motifs (C(OH)–C–C–N with tert-alkyl or cyclic N) is 1. The highest BCUT2D eigenvalue weighted by Gasteiger charge is 2.28. The Morgan fingerprint density at radius 3 is 2.67 bits per heavy atom. The van der Waals surface area contributed by atoms with Crippen molar-refractivity contribution in [3.63, 3.8) is 0 Å². The molecule has 3 heteroatoms. The minimum absolute atomic E-state index is 0.129. The summed E-state index contributed by atoms with van der Waals surface area (Å²) in [5, 5.41) is 16.4. The summed E-state index contributed by atoms with van der Waals surface area (Å²) in [5.74, 6) is 0. The van der Waals surface area contributed by atoms with E-state index in [9.17, 15) is 5.11 Å². The Labute approximate surface area is 92.6 Å². The molecule has 0 aromatic rings. The van der Waals surface area contributed by atoms with Crippen LogP contribution in [0.2, 0.25) is 0 Å². The molecule has 3 N–H and O–H groups in total. The Morgan fingerprint density at radius 2 is 2.07 bits per heavy atom. The molecule has 0 spiro atoms. The zero-order valence-electron chi connectivity index (χ0n) is 9.76. The van der Waals surface area contributed by atoms with Gasteiger partial charge in [0.1, 0.15) is 0 Å². The molecular formula is C12H24N2O. The lowest BCUT2D eigenvalue weighted by molar-refractivity contribution is 0.190. The minimum Gasteiger partial charge on any atom is -0.392 e. The molecule has 2 rings (SSSR count). The third-order valence-corrected chi connectivity index (χ3v) is 3.93. The third kappa shape index (κ3) is 3.16. The van der Waals surface area contributed by atoms with Crippen LogP contribution in [0.25, 0.3) is 0 Å². The summed E-state index contributed by atoms with van der Waals surface area (Å²) < 4.78 is 0. The Hall–Kier alpha value is -0.120. The van der Waals surface area contributed by atoms with Gasteiger partial charge < -0.3 is 15.7 Å². The molecule has 2 aliphatic rings. The van der Waals surface area contributed by atoms with Crippen LogP contribution in [-0.2, 0) is 0 Å². The fourth-order valence-electron chi connectivity index (χ4n) is 2.83. The Morgan fingerprint density at radius 1 is 1.33 bits per heavy atom. The standard InChI is InChI=1S/C12H24N2O/c1-12(5-3-2-4-6-12)14-8-10-7-11(15)9-13-10/h10-11,13-15H,2-9H2,1H3. The van der Waals surface area contributed by atoms with Crippen LogP contribution in [0.4, 0.5) is 0 Å². The van der Waals surface area contributed by atoms with E-state index < -0.39 is 0 Å². The summed E-state index contributed by atoms with van der Waals surface area (Å²) in [4.78, 5) is 0. The first-order valence-electron chi connectivity index (χ1n) is 6.34. The maximum atomic E-state index is 9.41. The van der Waals surface area contributed by atoms with Crippen LogP contribution in [0.5, 0.6) is 0 Å². The molecule has 0 radical (unpaired) electrons. The van der Waals surface area contributed by atoms with Gasteiger partial charge in [0, 0.05) is 24.7 Å². The van der Waals surface area contributed by atoms with E-state index in [-0.39, 0.29) is 6.10 Å². The van der Waals surface area contributed by atoms with Crippen LogP contribution < -0.4 is 10.6 Å². The van der Waals surface area contributed by atoms with E-state index in [0.29, 0.717) is 11.6 Å². The molecule has 1 heterocycles. The lowest BCUT2D eigenvalue weighted by Crippen LogP contribution is -2.48. The molecular weight excluding hydrogens is 188 g/mol. The van der Waals surface area contributed by atoms with E-state index >= 15 is 0 Å². The molecule has 2 atom stereocenters. The molecule has 1 aliphatic carbocycles. The third-order valence-electron chi connectivity index (χ3n) is 3.93. The predicted octanol–water partition coefficient (Wildman–Crippen LogP) is 1.02. The molecule has 88 valence electrons. The second-order valence-electron chi connectivity index (χ2n) is 5.50. The molecule has 3 nitrogen and oxygen atoms in total. The molecule has 0 aromatic heterocycles. The summed E-state index contributed by atoms with van der Waals surface area (Å²) >= 11 is 0. The molecule has 1 saturated carbocycles. The average Bonchev–Trinajstić information content (AvgIpc) is 2.63. The highest BCUT2D eigenvalue weighted by molar-refractivity contribution is 4.90. The number of aliphatic hydroxyl groups is 1. The number of rotatable bonds is 3. The van der Waals surface area contributed by atoms with Crippen molar-refractivity contribution in [1.82, 2.24) is 10.6 Å². The van der Waals surface area contributed by atoms with Gasteiger partial charge in [0.2, 0.25) is 0 Å². The molecule has 2 fully saturated rings. The first kappa shape index (κ1) is 11.4. The summed E-state index contributed by atoms with van der Waals surface area (Å²) in [7, 11) is 0. The number of aliphatic hydroxyl groups excluding tert-OH is 1. The van der Waals surface area contributed by atoms with E-state index in [0.717, 1.165) is 19.5 Å². The van der Waals surface area contributed by atoms with Crippen LogP contribution in [0.3, 0.4) is 0 Å². The fraction of sp³-hybridized carbons (Fsp3) is 1.00. The number of hydrogen-bond donors (Lipinski definition) is 3. The monoisotopic (exact) mass is 212 g/mol. The molecule has 0 amide bonds. The van der Waals surface area contributed by atoms with Gasteiger partial charge in [-0.05, 0) is 26.2 Å². The van der Waals surface area contributed by atoms with Crippen molar-refractivity contribution in [3.05, 3.63) is 0 Å². The summed E-state index contributed by atoms with van der Waals surface area (Å²) in [6.45, 7) is 4.12. The molecule has 2 unspecified atom stereocenters. The van der Waals surface area contributed by atoms with Gasteiger partial charge in [-0.15, -0.1) is 0 Å². The van der Waals surface area contributed by atoms with Gasteiger partial charge in [0.15, 0.2) is 0 Å². The first-order valence-corrected chi connectivity index (χ1v) is 6.34. The maximum Gasteiger partial charge on any atom is 0.0680 e. The Bertz CT molecular complexity index is 202. The van der Waals surface area contributed by atoms with Crippen LogP contribution in [0, 0.1) is 0 Å². The largest absolute Gasteiger partial charge is 0.392 e. The maximum absolute atomic E-state index is 9.41. The van der Waals surface area contributed by atoms with Crippen molar-refractivity contribution >= 4 is 0 Å². The van der Waals surface area contributed by atoms with E-state index in [1.165, 1.54) is 32.1 Å². The second-order valence-corrected chi connectivity index (χ2v) is 5.50. The van der Waals surface area contributed by atoms with Gasteiger partial charge in [0.05, 0.1) is 6.10 Å². The Kier molecular flexibility index (Phi) is 3.65. The lowest BCUT2D eigenvalue weighted by atomic mass is 9.83. The first-order chi connectivity index (χ1) is 7.18. The van der Waals surface area contributed by atoms with E-state index in [1.807, 2.05) is 0 Å². The number of nitrogens with one attached hydrogen (secondary N) is 2. The zero-order chi connectivity index (χ0) is 10.7. The van der Waals surface area contributed by atoms with Crippen molar-refractivity contribution in [2.24, 2.45) is 0 Å². The summed E-state index contributed by atoms with van der Waals surface area (Å²) in [5.41, 5.74) is 0.355. The van der Waals surface area contributed by atoms with Gasteiger partial charge in [-0.3, -0.25) is 0 Å². The summed E-state index contributed by atoms with van der Waals surface area (Å²) in [6.07, 6.45) is 7.52. The predicted molar refractivity (Wildman–Crippen MR) is 61.9 cm³/mol. The highest BCUT2D eigenvalue weighted by atomic mass is 16.3. The molecule has 1 saturated heterocycles. The molecule has 15 heavy (non-hydrogen) atoms. The van der Waals surface area contributed by atoms with E-state index in [4.69, 9.17) is 0 Å². The molecule has 0 bridgehead atoms. The molecule has 1 aliphatic heterocycles. The van der Waals surface area contributed by atoms with Crippen molar-refractivity contribution in [2.75, 3.05) is 13.1 Å². The molecule has 0 aromatic carbocycles.